The molecule has 0 unspecified atom stereocenters. The summed E-state index contributed by atoms with van der Waals surface area (Å²) >= 11 is 9.54. The molecule has 0 saturated carbocycles. The van der Waals surface area contributed by atoms with E-state index in [4.69, 9.17) is 21.1 Å². The Balaban J connectivity index is 2.20. The number of aromatic nitrogens is 1. The number of methoxy groups -OCH3 is 1. The summed E-state index contributed by atoms with van der Waals surface area (Å²) < 4.78 is 11.4. The molecule has 0 atom stereocenters. The second kappa shape index (κ2) is 10.4. The fourth-order valence-electron chi connectivity index (χ4n) is 2.30. The Kier molecular flexibility index (Phi) is 8.15. The Morgan fingerprint density at radius 2 is 2.23 bits per heavy atom. The number of ether oxygens (including phenoxy) is 2. The number of nitrogens with zero attached hydrogens (tertiary/aromatic N) is 2. The van der Waals surface area contributed by atoms with E-state index >= 15 is 0 Å². The summed E-state index contributed by atoms with van der Waals surface area (Å²) in [6, 6.07) is 6.86. The first-order chi connectivity index (χ1) is 12.5. The first kappa shape index (κ1) is 20.5. The topological polar surface area (TPSA) is 63.7 Å². The molecule has 8 heteroatoms. The minimum Gasteiger partial charge on any atom is -0.491 e. The van der Waals surface area contributed by atoms with Gasteiger partial charge in [0, 0.05) is 37.6 Å². The van der Waals surface area contributed by atoms with Gasteiger partial charge in [0.1, 0.15) is 0 Å². The molecule has 26 heavy (non-hydrogen) atoms. The predicted octanol–water partition coefficient (Wildman–Crippen LogP) is 4.58. The molecule has 0 bridgehead atoms. The van der Waals surface area contributed by atoms with E-state index in [1.54, 1.807) is 36.5 Å². The largest absolute Gasteiger partial charge is 0.491 e. The number of nitrogens with one attached hydrogen (secondary N) is 1. The van der Waals surface area contributed by atoms with Crippen molar-refractivity contribution in [2.24, 2.45) is 0 Å². The fraction of sp³-hybridized carbons (Fsp3) is 0.333. The van der Waals surface area contributed by atoms with Crippen LogP contribution in [0.3, 0.4) is 0 Å². The van der Waals surface area contributed by atoms with Gasteiger partial charge in [-0.15, -0.1) is 0 Å². The van der Waals surface area contributed by atoms with Crippen molar-refractivity contribution in [1.82, 2.24) is 9.88 Å². The summed E-state index contributed by atoms with van der Waals surface area (Å²) in [6.07, 6.45) is 3.43. The molecular formula is C18H21BrClN3O3. The summed E-state index contributed by atoms with van der Waals surface area (Å²) in [5.74, 6) is 0.540. The van der Waals surface area contributed by atoms with Crippen LogP contribution < -0.4 is 10.1 Å². The van der Waals surface area contributed by atoms with E-state index < -0.39 is 0 Å². The highest BCUT2D eigenvalue weighted by molar-refractivity contribution is 9.10. The molecule has 1 N–H and O–H groups in total. The number of carbonyl (C=O) groups excluding carboxylic acids is 1. The van der Waals surface area contributed by atoms with Crippen molar-refractivity contribution in [3.8, 4) is 5.75 Å². The van der Waals surface area contributed by atoms with Crippen LogP contribution in [0.2, 0.25) is 5.02 Å². The normalized spacial score (nSPS) is 10.5. The third kappa shape index (κ3) is 5.86. The summed E-state index contributed by atoms with van der Waals surface area (Å²) in [5, 5.41) is 3.37. The van der Waals surface area contributed by atoms with Crippen LogP contribution >= 0.6 is 27.5 Å². The van der Waals surface area contributed by atoms with Gasteiger partial charge in [-0.2, -0.15) is 0 Å². The SMILES string of the molecule is CCOc1c(Br)cc(Cl)cc1NC(=O)N(CCOC)Cc1cccnc1. The maximum atomic E-state index is 12.8. The van der Waals surface area contributed by atoms with Crippen LogP contribution in [-0.2, 0) is 11.3 Å². The number of anilines is 1. The number of urea groups is 1. The van der Waals surface area contributed by atoms with Gasteiger partial charge in [0.25, 0.3) is 0 Å². The molecule has 0 aliphatic heterocycles. The van der Waals surface area contributed by atoms with E-state index in [1.807, 2.05) is 19.1 Å². The van der Waals surface area contributed by atoms with E-state index in [2.05, 4.69) is 26.2 Å². The number of halogens is 2. The average Bonchev–Trinajstić information content (AvgIpc) is 2.62. The predicted molar refractivity (Wildman–Crippen MR) is 106 cm³/mol. The lowest BCUT2D eigenvalue weighted by atomic mass is 10.2. The summed E-state index contributed by atoms with van der Waals surface area (Å²) in [5.41, 5.74) is 1.43. The average molecular weight is 443 g/mol. The molecular weight excluding hydrogens is 422 g/mol. The van der Waals surface area contributed by atoms with Crippen molar-refractivity contribution in [2.75, 3.05) is 32.2 Å². The van der Waals surface area contributed by atoms with Crippen molar-refractivity contribution in [3.05, 3.63) is 51.7 Å². The van der Waals surface area contributed by atoms with Crippen molar-refractivity contribution >= 4 is 39.2 Å². The summed E-state index contributed by atoms with van der Waals surface area (Å²) in [7, 11) is 1.60. The van der Waals surface area contributed by atoms with Crippen LogP contribution in [0, 0.1) is 0 Å². The summed E-state index contributed by atoms with van der Waals surface area (Å²) in [4.78, 5) is 18.6. The maximum Gasteiger partial charge on any atom is 0.322 e. The van der Waals surface area contributed by atoms with Gasteiger partial charge < -0.3 is 19.7 Å². The minimum absolute atomic E-state index is 0.277. The van der Waals surface area contributed by atoms with Gasteiger partial charge >= 0.3 is 6.03 Å². The third-order valence-corrected chi connectivity index (χ3v) is 4.29. The van der Waals surface area contributed by atoms with Gasteiger partial charge in [-0.05, 0) is 46.6 Å². The highest BCUT2D eigenvalue weighted by atomic mass is 79.9. The molecule has 140 valence electrons. The Bertz CT molecular complexity index is 731. The van der Waals surface area contributed by atoms with Gasteiger partial charge in [-0.1, -0.05) is 17.7 Å². The van der Waals surface area contributed by atoms with E-state index in [-0.39, 0.29) is 6.03 Å². The van der Waals surface area contributed by atoms with Crippen LogP contribution in [0.5, 0.6) is 5.75 Å². The third-order valence-electron chi connectivity index (χ3n) is 3.49. The monoisotopic (exact) mass is 441 g/mol. The lowest BCUT2D eigenvalue weighted by Crippen LogP contribution is -2.37. The molecule has 2 rings (SSSR count). The molecule has 6 nitrogen and oxygen atoms in total. The molecule has 0 saturated heterocycles. The van der Waals surface area contributed by atoms with Gasteiger partial charge in [0.15, 0.2) is 5.75 Å². The van der Waals surface area contributed by atoms with Crippen LogP contribution in [-0.4, -0.2) is 42.8 Å². The number of amides is 2. The highest BCUT2D eigenvalue weighted by Crippen LogP contribution is 2.36. The quantitative estimate of drug-likeness (QED) is 0.650. The zero-order chi connectivity index (χ0) is 18.9. The number of hydrogen-bond acceptors (Lipinski definition) is 4. The van der Waals surface area contributed by atoms with E-state index in [0.29, 0.717) is 47.2 Å². The van der Waals surface area contributed by atoms with Gasteiger partial charge in [0.2, 0.25) is 0 Å². The zero-order valence-corrected chi connectivity index (χ0v) is 17.0. The van der Waals surface area contributed by atoms with Crippen molar-refractivity contribution in [3.63, 3.8) is 0 Å². The molecule has 0 fully saturated rings. The number of pyridine rings is 1. The molecule has 0 radical (unpaired) electrons. The number of hydrogen-bond donors (Lipinski definition) is 1. The first-order valence-electron chi connectivity index (χ1n) is 8.10. The highest BCUT2D eigenvalue weighted by Gasteiger charge is 2.18. The Morgan fingerprint density at radius 1 is 1.42 bits per heavy atom. The molecule has 2 amide bonds. The van der Waals surface area contributed by atoms with Crippen LogP contribution in [0.1, 0.15) is 12.5 Å². The number of carbonyl (C=O) groups is 1. The molecule has 0 aliphatic rings. The lowest BCUT2D eigenvalue weighted by molar-refractivity contribution is 0.152. The van der Waals surface area contributed by atoms with Crippen molar-refractivity contribution < 1.29 is 14.3 Å². The van der Waals surface area contributed by atoms with E-state index in [9.17, 15) is 4.79 Å². The van der Waals surface area contributed by atoms with E-state index in [0.717, 1.165) is 5.56 Å². The minimum atomic E-state index is -0.277. The molecule has 1 heterocycles. The second-order valence-electron chi connectivity index (χ2n) is 5.40. The van der Waals surface area contributed by atoms with Gasteiger partial charge in [0.05, 0.1) is 23.4 Å². The zero-order valence-electron chi connectivity index (χ0n) is 14.7. The standard InChI is InChI=1S/C18H21BrClN3O3/c1-3-26-17-15(19)9-14(20)10-16(17)22-18(24)23(7-8-25-2)12-13-5-4-6-21-11-13/h4-6,9-11H,3,7-8,12H2,1-2H3,(H,22,24). The van der Waals surface area contributed by atoms with Crippen LogP contribution in [0.15, 0.2) is 41.1 Å². The second-order valence-corrected chi connectivity index (χ2v) is 6.69. The Hall–Kier alpha value is -1.83. The fourth-order valence-corrected chi connectivity index (χ4v) is 3.23. The van der Waals surface area contributed by atoms with Gasteiger partial charge in [-0.3, -0.25) is 4.98 Å². The number of benzene rings is 1. The van der Waals surface area contributed by atoms with Crippen LogP contribution in [0.25, 0.3) is 0 Å². The Labute approximate surface area is 166 Å². The maximum absolute atomic E-state index is 12.8. The smallest absolute Gasteiger partial charge is 0.322 e. The molecule has 2 aromatic rings. The molecule has 1 aromatic carbocycles. The van der Waals surface area contributed by atoms with E-state index in [1.165, 1.54) is 0 Å². The summed E-state index contributed by atoms with van der Waals surface area (Å²) in [6.45, 7) is 3.61. The molecule has 0 spiro atoms. The van der Waals surface area contributed by atoms with Crippen molar-refractivity contribution in [2.45, 2.75) is 13.5 Å². The molecule has 1 aromatic heterocycles. The Morgan fingerprint density at radius 3 is 2.88 bits per heavy atom. The first-order valence-corrected chi connectivity index (χ1v) is 9.27. The lowest BCUT2D eigenvalue weighted by Gasteiger charge is -2.24. The van der Waals surface area contributed by atoms with Gasteiger partial charge in [-0.25, -0.2) is 4.79 Å². The molecule has 0 aliphatic carbocycles. The van der Waals surface area contributed by atoms with Crippen molar-refractivity contribution in [1.29, 1.82) is 0 Å². The van der Waals surface area contributed by atoms with Crippen LogP contribution in [0.4, 0.5) is 10.5 Å². The number of rotatable bonds is 8.